The van der Waals surface area contributed by atoms with Crippen molar-refractivity contribution in [2.24, 2.45) is 0 Å². The molecule has 23 heavy (non-hydrogen) atoms. The van der Waals surface area contributed by atoms with Crippen LogP contribution in [0.25, 0.3) is 0 Å². The van der Waals surface area contributed by atoms with Crippen LogP contribution >= 0.6 is 0 Å². The first-order valence-corrected chi connectivity index (χ1v) is 8.90. The summed E-state index contributed by atoms with van der Waals surface area (Å²) >= 11 is 0. The molecule has 0 saturated heterocycles. The zero-order valence-electron chi connectivity index (χ0n) is 11.9. The fourth-order valence-electron chi connectivity index (χ4n) is 0.500. The number of rotatable bonds is 1. The SMILES string of the molecule is CC=C[Si](C)(C)C.F[B-](F)(F)F.F[B-](F)(F)F.F[B-](F)(F)F.[KH]. The van der Waals surface area contributed by atoms with Gasteiger partial charge in [-0.3, -0.25) is 0 Å². The van der Waals surface area contributed by atoms with E-state index in [-0.39, 0.29) is 51.4 Å². The van der Waals surface area contributed by atoms with Crippen molar-refractivity contribution in [2.45, 2.75) is 26.6 Å². The standard InChI is InChI=1S/C6H14Si.3BF4.K.H/c1-5-6-7(2,3)4;3*2-1(3,4)5;;/h5-6H,1-4H3;;;;;/q;3*-1;;. The summed E-state index contributed by atoms with van der Waals surface area (Å²) in [6.07, 6.45) is 2.15. The topological polar surface area (TPSA) is 0 Å². The van der Waals surface area contributed by atoms with Crippen LogP contribution < -0.4 is 0 Å². The molecule has 0 aromatic carbocycles. The average Bonchev–Trinajstić information content (AvgIpc) is 1.88. The van der Waals surface area contributed by atoms with Crippen LogP contribution in [0.4, 0.5) is 51.8 Å². The summed E-state index contributed by atoms with van der Waals surface area (Å²) in [4.78, 5) is 0. The summed E-state index contributed by atoms with van der Waals surface area (Å²) in [7, 11) is -18.8. The van der Waals surface area contributed by atoms with Crippen molar-refractivity contribution < 1.29 is 51.8 Å². The van der Waals surface area contributed by atoms with Crippen LogP contribution in [0.5, 0.6) is 0 Å². The molecule has 0 unspecified atom stereocenters. The van der Waals surface area contributed by atoms with Crippen molar-refractivity contribution in [1.29, 1.82) is 0 Å². The Hall–Kier alpha value is 0.948. The Kier molecular flexibility index (Phi) is 23.2. The monoisotopic (exact) mass is 415 g/mol. The van der Waals surface area contributed by atoms with E-state index < -0.39 is 29.8 Å². The zero-order valence-corrected chi connectivity index (χ0v) is 12.9. The second kappa shape index (κ2) is 15.2. The third-order valence-corrected chi connectivity index (χ3v) is 2.00. The van der Waals surface area contributed by atoms with Gasteiger partial charge in [0.25, 0.3) is 0 Å². The van der Waals surface area contributed by atoms with Gasteiger partial charge in [0.1, 0.15) is 0 Å². The van der Waals surface area contributed by atoms with Crippen molar-refractivity contribution in [3.05, 3.63) is 11.8 Å². The molecule has 0 atom stereocenters. The molecule has 0 spiro atoms. The summed E-state index contributed by atoms with van der Waals surface area (Å²) in [6.45, 7) is 9.06. The van der Waals surface area contributed by atoms with E-state index in [1.165, 1.54) is 0 Å². The molecule has 0 aromatic heterocycles. The number of hydrogen-bond donors (Lipinski definition) is 0. The predicted molar refractivity (Wildman–Crippen MR) is 75.9 cm³/mol. The number of hydrogen-bond acceptors (Lipinski definition) is 0. The van der Waals surface area contributed by atoms with Gasteiger partial charge in [0.2, 0.25) is 0 Å². The third-order valence-electron chi connectivity index (χ3n) is 0.667. The van der Waals surface area contributed by atoms with Crippen molar-refractivity contribution in [1.82, 2.24) is 0 Å². The first-order chi connectivity index (χ1) is 9.06. The van der Waals surface area contributed by atoms with E-state index in [4.69, 9.17) is 0 Å². The van der Waals surface area contributed by atoms with Gasteiger partial charge in [0.05, 0.1) is 8.07 Å². The molecule has 0 fully saturated rings. The molecule has 0 rings (SSSR count). The molecule has 0 heterocycles. The second-order valence-electron chi connectivity index (χ2n) is 4.35. The Balaban J connectivity index is -0.0000000625. The van der Waals surface area contributed by atoms with Gasteiger partial charge in [-0.05, 0) is 6.92 Å². The predicted octanol–water partition coefficient (Wildman–Crippen LogP) is 5.69. The van der Waals surface area contributed by atoms with Crippen molar-refractivity contribution in [2.75, 3.05) is 0 Å². The fourth-order valence-corrected chi connectivity index (χ4v) is 1.50. The van der Waals surface area contributed by atoms with Crippen molar-refractivity contribution >= 4 is 81.2 Å². The molecule has 0 aliphatic rings. The van der Waals surface area contributed by atoms with E-state index in [2.05, 4.69) is 38.3 Å². The summed E-state index contributed by atoms with van der Waals surface area (Å²) in [6, 6.07) is 0. The van der Waals surface area contributed by atoms with Crippen LogP contribution in [0, 0.1) is 0 Å². The Morgan fingerprint density at radius 1 is 0.565 bits per heavy atom. The number of halogens is 12. The molecule has 0 amide bonds. The van der Waals surface area contributed by atoms with Gasteiger partial charge in [0.15, 0.2) is 0 Å². The third kappa shape index (κ3) is 411. The Bertz CT molecular complexity index is 234. The minimum absolute atomic E-state index is 0. The maximum atomic E-state index is 9.75. The van der Waals surface area contributed by atoms with Crippen LogP contribution in [0.3, 0.4) is 0 Å². The van der Waals surface area contributed by atoms with Gasteiger partial charge in [-0.1, -0.05) is 31.4 Å². The van der Waals surface area contributed by atoms with Gasteiger partial charge >= 0.3 is 73.1 Å². The molecule has 0 aromatic rings. The van der Waals surface area contributed by atoms with Crippen LogP contribution in [-0.4, -0.2) is 81.2 Å². The molecular formula is C6H15B3F12KSi-3. The quantitative estimate of drug-likeness (QED) is 0.382. The molecular weight excluding hydrogens is 400 g/mol. The Morgan fingerprint density at radius 2 is 0.696 bits per heavy atom. The van der Waals surface area contributed by atoms with Crippen molar-refractivity contribution in [3.8, 4) is 0 Å². The molecule has 0 saturated carbocycles. The van der Waals surface area contributed by atoms with Crippen LogP contribution in [-0.2, 0) is 0 Å². The first kappa shape index (κ1) is 35.1. The fraction of sp³-hybridized carbons (Fsp3) is 0.667. The summed E-state index contributed by atoms with van der Waals surface area (Å²) in [5, 5.41) is 0. The van der Waals surface area contributed by atoms with Crippen LogP contribution in [0.15, 0.2) is 11.8 Å². The molecule has 0 nitrogen and oxygen atoms in total. The van der Waals surface area contributed by atoms with Gasteiger partial charge in [-0.15, -0.1) is 0 Å². The minimum atomic E-state index is -6.00. The van der Waals surface area contributed by atoms with E-state index in [1.807, 2.05) is 0 Å². The van der Waals surface area contributed by atoms with E-state index in [1.54, 1.807) is 0 Å². The normalized spacial score (nSPS) is 11.8. The number of allylic oxidation sites excluding steroid dienone is 1. The van der Waals surface area contributed by atoms with E-state index in [9.17, 15) is 51.8 Å². The average molecular weight is 415 g/mol. The van der Waals surface area contributed by atoms with Gasteiger partial charge in [-0.25, -0.2) is 0 Å². The van der Waals surface area contributed by atoms with Crippen LogP contribution in [0.2, 0.25) is 19.6 Å². The Morgan fingerprint density at radius 3 is 0.696 bits per heavy atom. The van der Waals surface area contributed by atoms with Gasteiger partial charge in [0, 0.05) is 0 Å². The molecule has 0 aliphatic carbocycles. The zero-order chi connectivity index (χ0) is 19.4. The molecule has 0 aliphatic heterocycles. The van der Waals surface area contributed by atoms with Crippen LogP contribution in [0.1, 0.15) is 6.92 Å². The molecule has 17 heteroatoms. The van der Waals surface area contributed by atoms with E-state index >= 15 is 0 Å². The van der Waals surface area contributed by atoms with Gasteiger partial charge < -0.3 is 51.8 Å². The summed E-state index contributed by atoms with van der Waals surface area (Å²) in [5.41, 5.74) is 2.33. The molecule has 140 valence electrons. The summed E-state index contributed by atoms with van der Waals surface area (Å²) < 4.78 is 117. The first-order valence-electron chi connectivity index (χ1n) is 5.32. The van der Waals surface area contributed by atoms with E-state index in [0.717, 1.165) is 0 Å². The Labute approximate surface area is 170 Å². The molecule has 0 radical (unpaired) electrons. The second-order valence-corrected chi connectivity index (χ2v) is 9.42. The van der Waals surface area contributed by atoms with E-state index in [0.29, 0.717) is 0 Å². The van der Waals surface area contributed by atoms with Gasteiger partial charge in [-0.2, -0.15) is 0 Å². The maximum absolute atomic E-state index is 9.75. The molecule has 0 N–H and O–H groups in total. The van der Waals surface area contributed by atoms with Crippen molar-refractivity contribution in [3.63, 3.8) is 0 Å². The molecule has 0 bridgehead atoms. The summed E-state index contributed by atoms with van der Waals surface area (Å²) in [5.74, 6) is 0.